The van der Waals surface area contributed by atoms with Gasteiger partial charge >= 0.3 is 17.1 Å². The molecule has 2 fully saturated rings. The standard InChI is InChI=1S/C10H15.C8H6NS.Fe/c1-6-7(2)9(4)10(5)8(6)3;1-3-7(9-5-1)8-4-2-6-10-8;/h1-5H3;1-6H;/q;;+2. The molecule has 1 aliphatic carbocycles. The van der Waals surface area contributed by atoms with E-state index in [0.29, 0.717) is 0 Å². The van der Waals surface area contributed by atoms with E-state index in [1.807, 2.05) is 25.5 Å². The van der Waals surface area contributed by atoms with Gasteiger partial charge in [-0.3, -0.25) is 0 Å². The predicted octanol–water partition coefficient (Wildman–Crippen LogP) is 4.79. The molecule has 1 saturated heterocycles. The molecule has 3 heteroatoms. The quantitative estimate of drug-likeness (QED) is 0.654. The normalized spacial score (nSPS) is 23.1. The summed E-state index contributed by atoms with van der Waals surface area (Å²) < 4.78 is 0. The summed E-state index contributed by atoms with van der Waals surface area (Å²) in [5.41, 5.74) is 0. The first-order chi connectivity index (χ1) is 9.52. The van der Waals surface area contributed by atoms with Crippen molar-refractivity contribution in [2.45, 2.75) is 34.6 Å². The van der Waals surface area contributed by atoms with Crippen molar-refractivity contribution in [2.24, 2.45) is 0 Å². The largest absolute Gasteiger partial charge is 2.00 e. The van der Waals surface area contributed by atoms with E-state index in [-0.39, 0.29) is 17.1 Å². The Bertz CT molecular complexity index is 341. The van der Waals surface area contributed by atoms with Gasteiger partial charge in [0.25, 0.3) is 0 Å². The maximum atomic E-state index is 4.17. The predicted molar refractivity (Wildman–Crippen MR) is 86.3 cm³/mol. The first-order valence-electron chi connectivity index (χ1n) is 6.83. The Labute approximate surface area is 145 Å². The van der Waals surface area contributed by atoms with Crippen molar-refractivity contribution in [3.8, 4) is 0 Å². The van der Waals surface area contributed by atoms with Gasteiger partial charge in [0.05, 0.1) is 6.04 Å². The van der Waals surface area contributed by atoms with Gasteiger partial charge < -0.3 is 0 Å². The van der Waals surface area contributed by atoms with E-state index in [1.165, 1.54) is 34.5 Å². The number of rotatable bonds is 1. The zero-order valence-electron chi connectivity index (χ0n) is 13.2. The smallest absolute Gasteiger partial charge is 0.221 e. The number of hydrogen-bond acceptors (Lipinski definition) is 1. The van der Waals surface area contributed by atoms with Crippen molar-refractivity contribution in [2.75, 3.05) is 0 Å². The molecule has 1 aliphatic heterocycles. The summed E-state index contributed by atoms with van der Waals surface area (Å²) in [5, 5.41) is 6.23. The Morgan fingerprint density at radius 3 is 1.71 bits per heavy atom. The van der Waals surface area contributed by atoms with Crippen LogP contribution in [-0.2, 0) is 17.1 Å². The van der Waals surface area contributed by atoms with Gasteiger partial charge in [-0.1, -0.05) is 40.7 Å². The third-order valence-corrected chi connectivity index (χ3v) is 5.03. The Morgan fingerprint density at radius 2 is 1.38 bits per heavy atom. The minimum atomic E-state index is 0. The molecule has 0 amide bonds. The average molecular weight is 339 g/mol. The molecule has 0 atom stereocenters. The Balaban J connectivity index is 0.000000200. The molecule has 1 aromatic rings. The maximum Gasteiger partial charge on any atom is 2.00 e. The van der Waals surface area contributed by atoms with Gasteiger partial charge in [0, 0.05) is 11.4 Å². The molecule has 1 nitrogen and oxygen atoms in total. The first kappa shape index (κ1) is 19.2. The monoisotopic (exact) mass is 339 g/mol. The van der Waals surface area contributed by atoms with Crippen LogP contribution >= 0.6 is 11.3 Å². The fourth-order valence-corrected chi connectivity index (χ4v) is 2.98. The molecule has 0 bridgehead atoms. The van der Waals surface area contributed by atoms with Gasteiger partial charge in [0.1, 0.15) is 0 Å². The van der Waals surface area contributed by atoms with Crippen LogP contribution in [0.5, 0.6) is 0 Å². The molecule has 1 aromatic heterocycles. The van der Waals surface area contributed by atoms with Crippen LogP contribution in [0.4, 0.5) is 0 Å². The third-order valence-electron chi connectivity index (χ3n) is 4.14. The molecule has 3 rings (SSSR count). The average Bonchev–Trinajstić information content (AvgIpc) is 3.17. The summed E-state index contributed by atoms with van der Waals surface area (Å²) in [5.74, 6) is 7.34. The summed E-state index contributed by atoms with van der Waals surface area (Å²) >= 11 is 1.72. The number of nitrogens with zero attached hydrogens (tertiary/aromatic N) is 1. The molecule has 0 spiro atoms. The van der Waals surface area contributed by atoms with E-state index in [9.17, 15) is 0 Å². The van der Waals surface area contributed by atoms with Crippen molar-refractivity contribution in [1.82, 2.24) is 5.32 Å². The Morgan fingerprint density at radius 1 is 0.857 bits per heavy atom. The van der Waals surface area contributed by atoms with Crippen LogP contribution < -0.4 is 5.32 Å². The topological polar surface area (TPSA) is 14.1 Å². The fourth-order valence-electron chi connectivity index (χ4n) is 2.28. The van der Waals surface area contributed by atoms with Crippen LogP contribution in [0.25, 0.3) is 0 Å². The third kappa shape index (κ3) is 4.58. The zero-order chi connectivity index (χ0) is 14.7. The van der Waals surface area contributed by atoms with E-state index >= 15 is 0 Å². The second-order valence-electron chi connectivity index (χ2n) is 5.12. The van der Waals surface area contributed by atoms with Gasteiger partial charge in [0.15, 0.2) is 0 Å². The van der Waals surface area contributed by atoms with E-state index in [4.69, 9.17) is 0 Å². The van der Waals surface area contributed by atoms with Crippen molar-refractivity contribution in [3.63, 3.8) is 0 Å². The molecule has 0 N–H and O–H groups in total. The van der Waals surface area contributed by atoms with Crippen LogP contribution in [0, 0.1) is 55.0 Å². The number of hydrogen-bond donors (Lipinski definition) is 0. The summed E-state index contributed by atoms with van der Waals surface area (Å²) in [6, 6.07) is 5.19. The summed E-state index contributed by atoms with van der Waals surface area (Å²) in [7, 11) is 0. The minimum absolute atomic E-state index is 0. The second-order valence-corrected chi connectivity index (χ2v) is 6.07. The van der Waals surface area contributed by atoms with Gasteiger partial charge in [-0.15, -0.1) is 11.3 Å². The van der Waals surface area contributed by atoms with E-state index < -0.39 is 0 Å². The summed E-state index contributed by atoms with van der Waals surface area (Å²) in [4.78, 5) is 1.24. The first-order valence-corrected chi connectivity index (χ1v) is 7.71. The van der Waals surface area contributed by atoms with Crippen LogP contribution in [0.3, 0.4) is 0 Å². The Hall–Kier alpha value is 0.179. The van der Waals surface area contributed by atoms with E-state index in [1.54, 1.807) is 11.3 Å². The molecular weight excluding hydrogens is 318 g/mol. The summed E-state index contributed by atoms with van der Waals surface area (Å²) in [6.45, 7) is 12.8. The number of thiophene rings is 1. The van der Waals surface area contributed by atoms with Crippen molar-refractivity contribution < 1.29 is 17.1 Å². The van der Waals surface area contributed by atoms with Gasteiger partial charge in [0.2, 0.25) is 0 Å². The van der Waals surface area contributed by atoms with E-state index in [2.05, 4.69) is 51.4 Å². The van der Waals surface area contributed by atoms with Crippen LogP contribution in [-0.4, -0.2) is 0 Å². The van der Waals surface area contributed by atoms with Crippen LogP contribution in [0.2, 0.25) is 0 Å². The van der Waals surface area contributed by atoms with Gasteiger partial charge in [-0.2, -0.15) is 0 Å². The SMILES string of the molecule is C[C]1[C](C)[C](C)[C](C)[C]1C.[CH]1[CH][N][C](c2cccs2)[CH]1.[Fe+2]. The molecule has 2 aliphatic rings. The Kier molecular flexibility index (Phi) is 7.98. The van der Waals surface area contributed by atoms with E-state index in [0.717, 1.165) is 6.04 Å². The molecule has 1 saturated carbocycles. The van der Waals surface area contributed by atoms with Crippen LogP contribution in [0.1, 0.15) is 39.5 Å². The molecule has 21 heavy (non-hydrogen) atoms. The van der Waals surface area contributed by atoms with Crippen molar-refractivity contribution >= 4 is 11.3 Å². The fraction of sp³-hybridized carbons (Fsp3) is 0.278. The van der Waals surface area contributed by atoms with Gasteiger partial charge in [-0.05, 0) is 53.9 Å². The van der Waals surface area contributed by atoms with Crippen molar-refractivity contribution in [1.29, 1.82) is 0 Å². The molecular formula is C18H21FeNS+2. The molecule has 0 aromatic carbocycles. The molecule has 110 valence electrons. The molecule has 10 radical (unpaired) electrons. The van der Waals surface area contributed by atoms with Gasteiger partial charge in [-0.25, -0.2) is 5.32 Å². The molecule has 0 unspecified atom stereocenters. The summed E-state index contributed by atoms with van der Waals surface area (Å²) in [6.07, 6.45) is 3.97. The molecule has 2 heterocycles. The zero-order valence-corrected chi connectivity index (χ0v) is 15.1. The second kappa shape index (κ2) is 8.72. The van der Waals surface area contributed by atoms with Crippen LogP contribution in [0.15, 0.2) is 17.5 Å². The minimum Gasteiger partial charge on any atom is -0.221 e. The maximum absolute atomic E-state index is 4.17. The van der Waals surface area contributed by atoms with Crippen molar-refractivity contribution in [3.05, 3.63) is 77.4 Å².